The van der Waals surface area contributed by atoms with Crippen molar-refractivity contribution in [2.24, 2.45) is 0 Å². The first kappa shape index (κ1) is 23.3. The van der Waals surface area contributed by atoms with E-state index in [1.807, 2.05) is 24.3 Å². The van der Waals surface area contributed by atoms with Gasteiger partial charge in [0.2, 0.25) is 0 Å². The van der Waals surface area contributed by atoms with Crippen LogP contribution in [0.15, 0.2) is 60.7 Å². The van der Waals surface area contributed by atoms with Gasteiger partial charge in [-0.25, -0.2) is 9.59 Å². The lowest BCUT2D eigenvalue weighted by Crippen LogP contribution is -2.08. The summed E-state index contributed by atoms with van der Waals surface area (Å²) in [6.45, 7) is 2.94. The zero-order valence-corrected chi connectivity index (χ0v) is 18.8. The quantitative estimate of drug-likeness (QED) is 0.194. The number of esters is 2. The van der Waals surface area contributed by atoms with Crippen molar-refractivity contribution in [1.29, 1.82) is 0 Å². The Morgan fingerprint density at radius 1 is 0.688 bits per heavy atom. The van der Waals surface area contributed by atoms with Crippen molar-refractivity contribution >= 4 is 22.7 Å². The van der Waals surface area contributed by atoms with Crippen molar-refractivity contribution in [3.8, 4) is 11.5 Å². The third-order valence-electron chi connectivity index (χ3n) is 5.30. The van der Waals surface area contributed by atoms with Crippen LogP contribution in [0.4, 0.5) is 0 Å². The van der Waals surface area contributed by atoms with E-state index in [1.165, 1.54) is 39.2 Å². The summed E-state index contributed by atoms with van der Waals surface area (Å²) in [5.74, 6) is 0.308. The van der Waals surface area contributed by atoms with Gasteiger partial charge < -0.3 is 14.2 Å². The lowest BCUT2D eigenvalue weighted by molar-refractivity contribution is 0.0600. The summed E-state index contributed by atoms with van der Waals surface area (Å²) in [6.07, 6.45) is 7.40. The fourth-order valence-corrected chi connectivity index (χ4v) is 3.46. The van der Waals surface area contributed by atoms with Crippen LogP contribution in [0.3, 0.4) is 0 Å². The number of methoxy groups -OCH3 is 1. The number of fused-ring (bicyclic) bond motifs is 1. The van der Waals surface area contributed by atoms with Crippen LogP contribution in [-0.4, -0.2) is 25.7 Å². The molecule has 0 aliphatic rings. The first-order chi connectivity index (χ1) is 15.6. The highest BCUT2D eigenvalue weighted by molar-refractivity contribution is 5.97. The van der Waals surface area contributed by atoms with E-state index in [1.54, 1.807) is 36.4 Å². The molecule has 3 aromatic rings. The van der Waals surface area contributed by atoms with Gasteiger partial charge in [-0.2, -0.15) is 0 Å². The highest BCUT2D eigenvalue weighted by atomic mass is 16.5. The maximum atomic E-state index is 12.5. The first-order valence-electron chi connectivity index (χ1n) is 11.2. The molecule has 32 heavy (non-hydrogen) atoms. The number of carbonyl (C=O) groups is 2. The van der Waals surface area contributed by atoms with E-state index in [4.69, 9.17) is 9.47 Å². The number of benzene rings is 3. The molecule has 0 radical (unpaired) electrons. The fourth-order valence-electron chi connectivity index (χ4n) is 3.46. The van der Waals surface area contributed by atoms with Crippen molar-refractivity contribution in [2.45, 2.75) is 45.4 Å². The maximum absolute atomic E-state index is 12.5. The summed E-state index contributed by atoms with van der Waals surface area (Å²) < 4.78 is 16.0. The maximum Gasteiger partial charge on any atom is 0.343 e. The second kappa shape index (κ2) is 11.9. The Hall–Kier alpha value is -3.34. The largest absolute Gasteiger partial charge is 0.494 e. The Morgan fingerprint density at radius 3 is 2.06 bits per heavy atom. The van der Waals surface area contributed by atoms with Crippen LogP contribution in [-0.2, 0) is 4.74 Å². The molecule has 0 amide bonds. The average Bonchev–Trinajstić information content (AvgIpc) is 2.83. The Bertz CT molecular complexity index is 1040. The molecule has 0 saturated heterocycles. The molecule has 5 heteroatoms. The molecule has 0 fully saturated rings. The van der Waals surface area contributed by atoms with Crippen LogP contribution in [0.5, 0.6) is 11.5 Å². The van der Waals surface area contributed by atoms with E-state index in [2.05, 4.69) is 11.7 Å². The molecular formula is C27H30O5. The minimum Gasteiger partial charge on any atom is -0.494 e. The zero-order chi connectivity index (χ0) is 22.8. The van der Waals surface area contributed by atoms with Gasteiger partial charge in [-0.15, -0.1) is 0 Å². The molecule has 168 valence electrons. The predicted octanol–water partition coefficient (Wildman–Crippen LogP) is 6.58. The monoisotopic (exact) mass is 434 g/mol. The van der Waals surface area contributed by atoms with Crippen LogP contribution in [0.25, 0.3) is 10.8 Å². The molecule has 0 unspecified atom stereocenters. The Morgan fingerprint density at radius 2 is 1.31 bits per heavy atom. The second-order valence-electron chi connectivity index (χ2n) is 7.75. The molecule has 0 spiro atoms. The second-order valence-corrected chi connectivity index (χ2v) is 7.75. The van der Waals surface area contributed by atoms with Gasteiger partial charge in [-0.05, 0) is 65.7 Å². The minimum absolute atomic E-state index is 0.362. The average molecular weight is 435 g/mol. The molecular weight excluding hydrogens is 404 g/mol. The number of rotatable bonds is 11. The number of carbonyl (C=O) groups excluding carboxylic acids is 2. The number of hydrogen-bond donors (Lipinski definition) is 0. The molecule has 0 bridgehead atoms. The highest BCUT2D eigenvalue weighted by Gasteiger charge is 2.11. The molecule has 0 aliphatic carbocycles. The van der Waals surface area contributed by atoms with E-state index in [-0.39, 0.29) is 0 Å². The lowest BCUT2D eigenvalue weighted by atomic mass is 10.1. The molecule has 0 saturated carbocycles. The number of ether oxygens (including phenoxy) is 3. The van der Waals surface area contributed by atoms with Gasteiger partial charge in [0, 0.05) is 0 Å². The van der Waals surface area contributed by atoms with Crippen molar-refractivity contribution in [3.05, 3.63) is 71.8 Å². The lowest BCUT2D eigenvalue weighted by Gasteiger charge is -2.09. The third kappa shape index (κ3) is 6.58. The van der Waals surface area contributed by atoms with Crippen molar-refractivity contribution in [3.63, 3.8) is 0 Å². The summed E-state index contributed by atoms with van der Waals surface area (Å²) in [7, 11) is 1.32. The van der Waals surface area contributed by atoms with Crippen LogP contribution >= 0.6 is 0 Å². The van der Waals surface area contributed by atoms with Crippen LogP contribution in [0.1, 0.15) is 66.2 Å². The SMILES string of the molecule is CCCCCCCCOc1ccc2cc(C(=O)Oc3ccc(C(=O)OC)cc3)ccc2c1. The van der Waals surface area contributed by atoms with Gasteiger partial charge in [0.25, 0.3) is 0 Å². The smallest absolute Gasteiger partial charge is 0.343 e. The van der Waals surface area contributed by atoms with Crippen molar-refractivity contribution in [1.82, 2.24) is 0 Å². The highest BCUT2D eigenvalue weighted by Crippen LogP contribution is 2.23. The van der Waals surface area contributed by atoms with Gasteiger partial charge in [0.15, 0.2) is 0 Å². The fraction of sp³-hybridized carbons (Fsp3) is 0.333. The standard InChI is InChI=1S/C27H30O5/c1-3-4-5-6-7-8-17-31-25-16-13-21-18-23(10-9-22(21)19-25)27(29)32-24-14-11-20(12-15-24)26(28)30-2/h9-16,18-19H,3-8,17H2,1-2H3. The predicted molar refractivity (Wildman–Crippen MR) is 126 cm³/mol. The molecule has 0 N–H and O–H groups in total. The Balaban J connectivity index is 1.56. The minimum atomic E-state index is -0.457. The van der Waals surface area contributed by atoms with Crippen LogP contribution < -0.4 is 9.47 Å². The summed E-state index contributed by atoms with van der Waals surface area (Å²) in [5.41, 5.74) is 0.850. The third-order valence-corrected chi connectivity index (χ3v) is 5.30. The van der Waals surface area contributed by atoms with E-state index in [9.17, 15) is 9.59 Å². The van der Waals surface area contributed by atoms with Crippen molar-refractivity contribution in [2.75, 3.05) is 13.7 Å². The van der Waals surface area contributed by atoms with E-state index in [0.29, 0.717) is 16.9 Å². The zero-order valence-electron chi connectivity index (χ0n) is 18.8. The Kier molecular flexibility index (Phi) is 8.67. The molecule has 0 aliphatic heterocycles. The van der Waals surface area contributed by atoms with Gasteiger partial charge in [-0.3, -0.25) is 0 Å². The normalized spacial score (nSPS) is 10.7. The first-order valence-corrected chi connectivity index (χ1v) is 11.2. The molecule has 0 heterocycles. The molecule has 3 rings (SSSR count). The van der Waals surface area contributed by atoms with Gasteiger partial charge in [0.05, 0.1) is 24.8 Å². The number of unbranched alkanes of at least 4 members (excludes halogenated alkanes) is 5. The molecule has 0 aromatic heterocycles. The summed E-state index contributed by atoms with van der Waals surface area (Å²) in [4.78, 5) is 24.0. The molecule has 0 atom stereocenters. The van der Waals surface area contributed by atoms with E-state index >= 15 is 0 Å². The van der Waals surface area contributed by atoms with E-state index < -0.39 is 11.9 Å². The summed E-state index contributed by atoms with van der Waals surface area (Å²) >= 11 is 0. The Labute approximate surface area is 189 Å². The summed E-state index contributed by atoms with van der Waals surface area (Å²) in [5, 5.41) is 1.94. The van der Waals surface area contributed by atoms with Gasteiger partial charge in [-0.1, -0.05) is 51.2 Å². The topological polar surface area (TPSA) is 61.8 Å². The molecule has 5 nitrogen and oxygen atoms in total. The van der Waals surface area contributed by atoms with Gasteiger partial charge >= 0.3 is 11.9 Å². The van der Waals surface area contributed by atoms with Crippen LogP contribution in [0.2, 0.25) is 0 Å². The van der Waals surface area contributed by atoms with Crippen molar-refractivity contribution < 1.29 is 23.8 Å². The van der Waals surface area contributed by atoms with Gasteiger partial charge in [0.1, 0.15) is 11.5 Å². The van der Waals surface area contributed by atoms with Crippen LogP contribution in [0, 0.1) is 0 Å². The summed E-state index contributed by atoms with van der Waals surface area (Å²) in [6, 6.07) is 17.6. The molecule has 3 aromatic carbocycles. The van der Waals surface area contributed by atoms with E-state index in [0.717, 1.165) is 29.5 Å². The number of hydrogen-bond acceptors (Lipinski definition) is 5.